The highest BCUT2D eigenvalue weighted by Gasteiger charge is 2.32. The number of morpholine rings is 1. The van der Waals surface area contributed by atoms with Crippen molar-refractivity contribution in [2.24, 2.45) is 5.92 Å². The highest BCUT2D eigenvalue weighted by molar-refractivity contribution is 4.88. The Morgan fingerprint density at radius 2 is 2.27 bits per heavy atom. The molecule has 11 heavy (non-hydrogen) atoms. The highest BCUT2D eigenvalue weighted by atomic mass is 16.5. The summed E-state index contributed by atoms with van der Waals surface area (Å²) in [6.07, 6.45) is 4.51. The fraction of sp³-hybridized carbons (Fsp3) is 1.00. The van der Waals surface area contributed by atoms with Gasteiger partial charge in [0.2, 0.25) is 0 Å². The molecule has 1 saturated carbocycles. The molecule has 0 bridgehead atoms. The van der Waals surface area contributed by atoms with Crippen LogP contribution in [0.15, 0.2) is 0 Å². The van der Waals surface area contributed by atoms with Crippen molar-refractivity contribution in [1.29, 1.82) is 0 Å². The van der Waals surface area contributed by atoms with Gasteiger partial charge < -0.3 is 10.1 Å². The Hall–Kier alpha value is -0.0800. The van der Waals surface area contributed by atoms with Gasteiger partial charge in [-0.2, -0.15) is 0 Å². The van der Waals surface area contributed by atoms with Gasteiger partial charge in [0.1, 0.15) is 0 Å². The molecule has 2 heteroatoms. The van der Waals surface area contributed by atoms with E-state index in [0.717, 1.165) is 19.1 Å². The third-order valence-corrected chi connectivity index (χ3v) is 2.98. The van der Waals surface area contributed by atoms with Gasteiger partial charge in [0.25, 0.3) is 0 Å². The first-order chi connectivity index (χ1) is 5.38. The molecule has 3 unspecified atom stereocenters. The predicted molar refractivity (Wildman–Crippen MR) is 44.5 cm³/mol. The molecule has 0 aromatic carbocycles. The van der Waals surface area contributed by atoms with E-state index in [4.69, 9.17) is 4.74 Å². The van der Waals surface area contributed by atoms with E-state index in [1.54, 1.807) is 0 Å². The van der Waals surface area contributed by atoms with E-state index in [-0.39, 0.29) is 0 Å². The minimum absolute atomic E-state index is 0.521. The lowest BCUT2D eigenvalue weighted by molar-refractivity contribution is -0.0401. The average Bonchev–Trinajstić information content (AvgIpc) is 2.06. The molecular weight excluding hydrogens is 138 g/mol. The van der Waals surface area contributed by atoms with Crippen molar-refractivity contribution in [2.75, 3.05) is 13.2 Å². The van der Waals surface area contributed by atoms with Gasteiger partial charge in [-0.1, -0.05) is 13.3 Å². The Kier molecular flexibility index (Phi) is 2.14. The number of rotatable bonds is 0. The number of fused-ring (bicyclic) bond motifs is 1. The van der Waals surface area contributed by atoms with Gasteiger partial charge in [0.15, 0.2) is 0 Å². The van der Waals surface area contributed by atoms with E-state index >= 15 is 0 Å². The van der Waals surface area contributed by atoms with Gasteiger partial charge >= 0.3 is 0 Å². The van der Waals surface area contributed by atoms with Crippen molar-refractivity contribution < 1.29 is 4.74 Å². The summed E-state index contributed by atoms with van der Waals surface area (Å²) >= 11 is 0. The SMILES string of the molecule is CC1CCCC2OCCNC12. The normalized spacial score (nSPS) is 45.0. The third-order valence-electron chi connectivity index (χ3n) is 2.98. The molecule has 1 heterocycles. The molecule has 0 radical (unpaired) electrons. The maximum absolute atomic E-state index is 5.69. The van der Waals surface area contributed by atoms with Crippen LogP contribution in [0.4, 0.5) is 0 Å². The maximum Gasteiger partial charge on any atom is 0.0731 e. The molecule has 2 aliphatic rings. The van der Waals surface area contributed by atoms with Crippen molar-refractivity contribution >= 4 is 0 Å². The zero-order valence-electron chi connectivity index (χ0n) is 7.18. The van der Waals surface area contributed by atoms with Gasteiger partial charge in [-0.05, 0) is 18.8 Å². The van der Waals surface area contributed by atoms with Gasteiger partial charge in [-0.25, -0.2) is 0 Å². The summed E-state index contributed by atoms with van der Waals surface area (Å²) < 4.78 is 5.69. The van der Waals surface area contributed by atoms with Crippen molar-refractivity contribution in [3.63, 3.8) is 0 Å². The first-order valence-corrected chi connectivity index (χ1v) is 4.73. The van der Waals surface area contributed by atoms with E-state index in [0.29, 0.717) is 12.1 Å². The van der Waals surface area contributed by atoms with Crippen LogP contribution < -0.4 is 5.32 Å². The third kappa shape index (κ3) is 1.42. The summed E-state index contributed by atoms with van der Waals surface area (Å²) in [6.45, 7) is 4.29. The summed E-state index contributed by atoms with van der Waals surface area (Å²) in [4.78, 5) is 0. The molecule has 2 nitrogen and oxygen atoms in total. The lowest BCUT2D eigenvalue weighted by atomic mass is 9.83. The van der Waals surface area contributed by atoms with Crippen molar-refractivity contribution in [1.82, 2.24) is 5.32 Å². The minimum Gasteiger partial charge on any atom is -0.375 e. The molecule has 0 amide bonds. The summed E-state index contributed by atoms with van der Waals surface area (Å²) in [7, 11) is 0. The topological polar surface area (TPSA) is 21.3 Å². The molecule has 1 aliphatic carbocycles. The quantitative estimate of drug-likeness (QED) is 0.567. The smallest absolute Gasteiger partial charge is 0.0731 e. The Labute approximate surface area is 68.3 Å². The van der Waals surface area contributed by atoms with Crippen molar-refractivity contribution in [3.05, 3.63) is 0 Å². The lowest BCUT2D eigenvalue weighted by Gasteiger charge is -2.40. The second kappa shape index (κ2) is 3.11. The van der Waals surface area contributed by atoms with Crippen LogP contribution in [0.25, 0.3) is 0 Å². The molecule has 0 aromatic rings. The zero-order chi connectivity index (χ0) is 7.68. The summed E-state index contributed by atoms with van der Waals surface area (Å²) in [5, 5.41) is 3.55. The Morgan fingerprint density at radius 1 is 1.36 bits per heavy atom. The number of hydrogen-bond donors (Lipinski definition) is 1. The molecule has 3 atom stereocenters. The first-order valence-electron chi connectivity index (χ1n) is 4.73. The molecule has 2 rings (SSSR count). The van der Waals surface area contributed by atoms with Crippen LogP contribution in [0, 0.1) is 5.92 Å². The summed E-state index contributed by atoms with van der Waals surface area (Å²) in [5.74, 6) is 0.814. The van der Waals surface area contributed by atoms with Gasteiger partial charge in [0.05, 0.1) is 12.7 Å². The molecule has 1 aliphatic heterocycles. The average molecular weight is 155 g/mol. The van der Waals surface area contributed by atoms with E-state index < -0.39 is 0 Å². The Bertz CT molecular complexity index is 136. The molecule has 0 aromatic heterocycles. The second-order valence-corrected chi connectivity index (χ2v) is 3.80. The molecule has 64 valence electrons. The Morgan fingerprint density at radius 3 is 3.09 bits per heavy atom. The fourth-order valence-electron chi connectivity index (χ4n) is 2.32. The van der Waals surface area contributed by atoms with Crippen LogP contribution in [0.5, 0.6) is 0 Å². The largest absolute Gasteiger partial charge is 0.375 e. The predicted octanol–water partition coefficient (Wildman–Crippen LogP) is 1.16. The van der Waals surface area contributed by atoms with Crippen LogP contribution in [-0.2, 0) is 4.74 Å². The first kappa shape index (κ1) is 7.56. The van der Waals surface area contributed by atoms with Crippen LogP contribution in [0.2, 0.25) is 0 Å². The summed E-state index contributed by atoms with van der Waals surface area (Å²) in [5.41, 5.74) is 0. The van der Waals surface area contributed by atoms with Gasteiger partial charge in [0, 0.05) is 12.6 Å². The van der Waals surface area contributed by atoms with E-state index in [1.807, 2.05) is 0 Å². The molecule has 1 N–H and O–H groups in total. The Balaban J connectivity index is 1.99. The molecular formula is C9H17NO. The number of nitrogens with one attached hydrogen (secondary N) is 1. The van der Waals surface area contributed by atoms with Crippen molar-refractivity contribution in [2.45, 2.75) is 38.3 Å². The van der Waals surface area contributed by atoms with E-state index in [9.17, 15) is 0 Å². The number of ether oxygens (including phenoxy) is 1. The lowest BCUT2D eigenvalue weighted by Crippen LogP contribution is -2.53. The van der Waals surface area contributed by atoms with Crippen molar-refractivity contribution in [3.8, 4) is 0 Å². The molecule has 0 spiro atoms. The number of hydrogen-bond acceptors (Lipinski definition) is 2. The molecule has 1 saturated heterocycles. The maximum atomic E-state index is 5.69. The molecule has 2 fully saturated rings. The fourth-order valence-corrected chi connectivity index (χ4v) is 2.32. The van der Waals surface area contributed by atoms with Crippen LogP contribution in [0.1, 0.15) is 26.2 Å². The van der Waals surface area contributed by atoms with E-state index in [2.05, 4.69) is 12.2 Å². The van der Waals surface area contributed by atoms with Crippen LogP contribution in [-0.4, -0.2) is 25.3 Å². The second-order valence-electron chi connectivity index (χ2n) is 3.80. The monoisotopic (exact) mass is 155 g/mol. The summed E-state index contributed by atoms with van der Waals surface area (Å²) in [6, 6.07) is 0.650. The van der Waals surface area contributed by atoms with Gasteiger partial charge in [-0.3, -0.25) is 0 Å². The van der Waals surface area contributed by atoms with Crippen LogP contribution in [0.3, 0.4) is 0 Å². The van der Waals surface area contributed by atoms with Gasteiger partial charge in [-0.15, -0.1) is 0 Å². The minimum atomic E-state index is 0.521. The van der Waals surface area contributed by atoms with Crippen LogP contribution >= 0.6 is 0 Å². The standard InChI is InChI=1S/C9H17NO/c1-7-3-2-4-8-9(7)10-5-6-11-8/h7-10H,2-6H2,1H3. The highest BCUT2D eigenvalue weighted by Crippen LogP contribution is 2.27. The zero-order valence-corrected chi connectivity index (χ0v) is 7.18. The van der Waals surface area contributed by atoms with E-state index in [1.165, 1.54) is 19.3 Å².